The second kappa shape index (κ2) is 10.5. The summed E-state index contributed by atoms with van der Waals surface area (Å²) in [6.07, 6.45) is 14.6. The normalized spacial score (nSPS) is 10.5. The Kier molecular flexibility index (Phi) is 8.69. The fraction of sp³-hybridized carbons (Fsp3) is 0.625. The van der Waals surface area contributed by atoms with Crippen molar-refractivity contribution in [1.29, 1.82) is 0 Å². The van der Waals surface area contributed by atoms with E-state index in [1.165, 1.54) is 44.1 Å². The first-order chi connectivity index (χ1) is 9.29. The minimum atomic E-state index is -0.670. The molecular formula is C16H25NO2. The number of rotatable bonds is 11. The molecule has 106 valence electrons. The van der Waals surface area contributed by atoms with Crippen LogP contribution in [0.15, 0.2) is 24.5 Å². The van der Waals surface area contributed by atoms with Gasteiger partial charge in [-0.05, 0) is 37.0 Å². The minimum absolute atomic E-state index is 0.325. The van der Waals surface area contributed by atoms with Crippen LogP contribution in [0.3, 0.4) is 0 Å². The van der Waals surface area contributed by atoms with Gasteiger partial charge in [0.05, 0.1) is 0 Å². The highest BCUT2D eigenvalue weighted by molar-refractivity contribution is 5.66. The van der Waals surface area contributed by atoms with Crippen molar-refractivity contribution in [2.75, 3.05) is 0 Å². The fourth-order valence-electron chi connectivity index (χ4n) is 2.22. The number of hydrogen-bond acceptors (Lipinski definition) is 2. The zero-order valence-corrected chi connectivity index (χ0v) is 11.7. The summed E-state index contributed by atoms with van der Waals surface area (Å²) in [5.41, 5.74) is 1.38. The lowest BCUT2D eigenvalue weighted by atomic mass is 10.0. The molecule has 0 unspecified atom stereocenters. The van der Waals surface area contributed by atoms with E-state index in [0.717, 1.165) is 19.3 Å². The molecule has 0 fully saturated rings. The van der Waals surface area contributed by atoms with Crippen LogP contribution in [0.4, 0.5) is 0 Å². The number of carbonyl (C=O) groups is 1. The summed E-state index contributed by atoms with van der Waals surface area (Å²) in [5.74, 6) is -0.670. The van der Waals surface area contributed by atoms with Gasteiger partial charge in [0.2, 0.25) is 0 Å². The third kappa shape index (κ3) is 9.23. The highest BCUT2D eigenvalue weighted by Crippen LogP contribution is 2.11. The summed E-state index contributed by atoms with van der Waals surface area (Å²) in [4.78, 5) is 14.3. The molecule has 0 spiro atoms. The van der Waals surface area contributed by atoms with Crippen molar-refractivity contribution in [2.24, 2.45) is 0 Å². The third-order valence-corrected chi connectivity index (χ3v) is 3.36. The molecule has 0 amide bonds. The summed E-state index contributed by atoms with van der Waals surface area (Å²) in [7, 11) is 0. The van der Waals surface area contributed by atoms with Crippen LogP contribution in [0, 0.1) is 0 Å². The Labute approximate surface area is 116 Å². The van der Waals surface area contributed by atoms with Gasteiger partial charge in [-0.3, -0.25) is 9.78 Å². The predicted molar refractivity (Wildman–Crippen MR) is 77.1 cm³/mol. The minimum Gasteiger partial charge on any atom is -0.481 e. The van der Waals surface area contributed by atoms with Crippen molar-refractivity contribution < 1.29 is 9.90 Å². The first kappa shape index (κ1) is 15.7. The van der Waals surface area contributed by atoms with Crippen LogP contribution in [0.5, 0.6) is 0 Å². The molecule has 0 aliphatic heterocycles. The summed E-state index contributed by atoms with van der Waals surface area (Å²) in [6, 6.07) is 4.17. The maximum Gasteiger partial charge on any atom is 0.303 e. The van der Waals surface area contributed by atoms with E-state index in [1.807, 2.05) is 12.4 Å². The Hall–Kier alpha value is -1.38. The standard InChI is InChI=1S/C16H25NO2/c18-16(19)10-8-6-4-2-1-3-5-7-9-15-11-13-17-14-12-15/h11-14H,1-10H2,(H,18,19). The Morgan fingerprint density at radius 2 is 1.42 bits per heavy atom. The zero-order valence-electron chi connectivity index (χ0n) is 11.7. The van der Waals surface area contributed by atoms with Gasteiger partial charge in [0, 0.05) is 18.8 Å². The quantitative estimate of drug-likeness (QED) is 0.608. The molecule has 3 heteroatoms. The molecule has 1 aromatic rings. The van der Waals surface area contributed by atoms with Crippen LogP contribution in [-0.4, -0.2) is 16.1 Å². The number of pyridine rings is 1. The first-order valence-corrected chi connectivity index (χ1v) is 7.40. The number of aromatic nitrogens is 1. The Morgan fingerprint density at radius 3 is 2.00 bits per heavy atom. The van der Waals surface area contributed by atoms with Crippen molar-refractivity contribution in [3.63, 3.8) is 0 Å². The Balaban J connectivity index is 1.83. The molecule has 0 saturated carbocycles. The van der Waals surface area contributed by atoms with E-state index in [0.29, 0.717) is 6.42 Å². The van der Waals surface area contributed by atoms with Crippen molar-refractivity contribution in [1.82, 2.24) is 4.98 Å². The second-order valence-corrected chi connectivity index (χ2v) is 5.08. The van der Waals surface area contributed by atoms with Gasteiger partial charge in [0.1, 0.15) is 0 Å². The lowest BCUT2D eigenvalue weighted by molar-refractivity contribution is -0.137. The fourth-order valence-corrected chi connectivity index (χ4v) is 2.22. The molecule has 1 rings (SSSR count). The summed E-state index contributed by atoms with van der Waals surface area (Å²) >= 11 is 0. The van der Waals surface area contributed by atoms with Gasteiger partial charge in [-0.2, -0.15) is 0 Å². The number of carboxylic acid groups (broad SMARTS) is 1. The lowest BCUT2D eigenvalue weighted by Gasteiger charge is -2.02. The van der Waals surface area contributed by atoms with Crippen LogP contribution in [0.2, 0.25) is 0 Å². The molecule has 19 heavy (non-hydrogen) atoms. The van der Waals surface area contributed by atoms with Gasteiger partial charge in [-0.25, -0.2) is 0 Å². The van der Waals surface area contributed by atoms with Gasteiger partial charge >= 0.3 is 5.97 Å². The monoisotopic (exact) mass is 263 g/mol. The smallest absolute Gasteiger partial charge is 0.303 e. The number of aliphatic carboxylic acids is 1. The number of nitrogens with zero attached hydrogens (tertiary/aromatic N) is 1. The maximum absolute atomic E-state index is 10.3. The average molecular weight is 263 g/mol. The van der Waals surface area contributed by atoms with Crippen molar-refractivity contribution >= 4 is 5.97 Å². The third-order valence-electron chi connectivity index (χ3n) is 3.36. The summed E-state index contributed by atoms with van der Waals surface area (Å²) < 4.78 is 0. The maximum atomic E-state index is 10.3. The summed E-state index contributed by atoms with van der Waals surface area (Å²) in [6.45, 7) is 0. The van der Waals surface area contributed by atoms with Crippen LogP contribution in [-0.2, 0) is 11.2 Å². The van der Waals surface area contributed by atoms with Gasteiger partial charge in [-0.15, -0.1) is 0 Å². The molecular weight excluding hydrogens is 238 g/mol. The largest absolute Gasteiger partial charge is 0.481 e. The summed E-state index contributed by atoms with van der Waals surface area (Å²) in [5, 5.41) is 8.50. The van der Waals surface area contributed by atoms with Gasteiger partial charge in [-0.1, -0.05) is 38.5 Å². The molecule has 3 nitrogen and oxygen atoms in total. The van der Waals surface area contributed by atoms with E-state index >= 15 is 0 Å². The highest BCUT2D eigenvalue weighted by Gasteiger charge is 1.97. The molecule has 0 aliphatic rings. The van der Waals surface area contributed by atoms with Crippen LogP contribution >= 0.6 is 0 Å². The molecule has 1 heterocycles. The SMILES string of the molecule is O=C(O)CCCCCCCCCCc1ccncc1. The highest BCUT2D eigenvalue weighted by atomic mass is 16.4. The molecule has 1 N–H and O–H groups in total. The van der Waals surface area contributed by atoms with E-state index in [-0.39, 0.29) is 0 Å². The number of aryl methyl sites for hydroxylation is 1. The van der Waals surface area contributed by atoms with E-state index in [4.69, 9.17) is 5.11 Å². The molecule has 0 atom stereocenters. The average Bonchev–Trinajstić information content (AvgIpc) is 2.42. The zero-order chi connectivity index (χ0) is 13.8. The first-order valence-electron chi connectivity index (χ1n) is 7.40. The van der Waals surface area contributed by atoms with Gasteiger partial charge in [0.15, 0.2) is 0 Å². The van der Waals surface area contributed by atoms with Crippen LogP contribution < -0.4 is 0 Å². The van der Waals surface area contributed by atoms with E-state index in [1.54, 1.807) is 0 Å². The number of unbranched alkanes of at least 4 members (excludes halogenated alkanes) is 7. The number of hydrogen-bond donors (Lipinski definition) is 1. The lowest BCUT2D eigenvalue weighted by Crippen LogP contribution is -1.93. The molecule has 0 aliphatic carbocycles. The molecule has 0 saturated heterocycles. The second-order valence-electron chi connectivity index (χ2n) is 5.08. The van der Waals surface area contributed by atoms with Crippen LogP contribution in [0.25, 0.3) is 0 Å². The van der Waals surface area contributed by atoms with Crippen molar-refractivity contribution in [3.05, 3.63) is 30.1 Å². The molecule has 0 bridgehead atoms. The number of carboxylic acids is 1. The van der Waals surface area contributed by atoms with E-state index < -0.39 is 5.97 Å². The molecule has 0 radical (unpaired) electrons. The molecule has 1 aromatic heterocycles. The van der Waals surface area contributed by atoms with Crippen molar-refractivity contribution in [2.45, 2.75) is 64.2 Å². The topological polar surface area (TPSA) is 50.2 Å². The Bertz CT molecular complexity index is 338. The van der Waals surface area contributed by atoms with Gasteiger partial charge < -0.3 is 5.11 Å². The van der Waals surface area contributed by atoms with E-state index in [9.17, 15) is 4.79 Å². The van der Waals surface area contributed by atoms with E-state index in [2.05, 4.69) is 17.1 Å². The molecule has 0 aromatic carbocycles. The van der Waals surface area contributed by atoms with Crippen molar-refractivity contribution in [3.8, 4) is 0 Å². The predicted octanol–water partition coefficient (Wildman–Crippen LogP) is 4.22. The Morgan fingerprint density at radius 1 is 0.895 bits per heavy atom. The van der Waals surface area contributed by atoms with Gasteiger partial charge in [0.25, 0.3) is 0 Å². The van der Waals surface area contributed by atoms with Crippen LogP contribution in [0.1, 0.15) is 63.4 Å².